The van der Waals surface area contributed by atoms with Crippen LogP contribution in [-0.2, 0) is 6.42 Å². The molecule has 0 aliphatic heterocycles. The smallest absolute Gasteiger partial charge is 0.0346 e. The van der Waals surface area contributed by atoms with Crippen molar-refractivity contribution < 1.29 is 0 Å². The molecular weight excluding hydrogens is 172 g/mol. The largest absolute Gasteiger partial charge is 0.330 e. The van der Waals surface area contributed by atoms with Crippen LogP contribution in [0.3, 0.4) is 0 Å². The maximum Gasteiger partial charge on any atom is 0.0346 e. The van der Waals surface area contributed by atoms with Gasteiger partial charge < -0.3 is 5.73 Å². The third-order valence-electron chi connectivity index (χ3n) is 2.37. The molecule has 0 radical (unpaired) electrons. The summed E-state index contributed by atoms with van der Waals surface area (Å²) in [5, 5.41) is 2.46. The molecule has 0 atom stereocenters. The molecule has 0 fully saturated rings. The summed E-state index contributed by atoms with van der Waals surface area (Å²) in [7, 11) is 0. The number of hydrogen-bond donors (Lipinski definition) is 1. The Kier molecular flexibility index (Phi) is 2.75. The van der Waals surface area contributed by atoms with Crippen LogP contribution in [-0.4, -0.2) is 11.5 Å². The lowest BCUT2D eigenvalue weighted by Crippen LogP contribution is -2.00. The quantitative estimate of drug-likeness (QED) is 0.797. The predicted molar refractivity (Wildman–Crippen MR) is 59.1 cm³/mol. The van der Waals surface area contributed by atoms with Gasteiger partial charge in [0.2, 0.25) is 0 Å². The van der Waals surface area contributed by atoms with Gasteiger partial charge in [0.25, 0.3) is 0 Å². The lowest BCUT2D eigenvalue weighted by molar-refractivity contribution is 0.833. The van der Waals surface area contributed by atoms with E-state index in [1.165, 1.54) is 16.3 Å². The van der Waals surface area contributed by atoms with E-state index in [1.807, 2.05) is 18.5 Å². The van der Waals surface area contributed by atoms with Crippen molar-refractivity contribution in [3.8, 4) is 0 Å². The van der Waals surface area contributed by atoms with Gasteiger partial charge in [0, 0.05) is 17.8 Å². The zero-order chi connectivity index (χ0) is 9.80. The van der Waals surface area contributed by atoms with Crippen molar-refractivity contribution in [3.05, 3.63) is 42.2 Å². The maximum absolute atomic E-state index is 5.48. The lowest BCUT2D eigenvalue weighted by atomic mass is 10.1. The molecule has 1 aromatic carbocycles. The number of aryl methyl sites for hydroxylation is 1. The standard InChI is InChI=1S/C12H14N2/c13-6-1-2-10-3-4-11-5-7-14-9-12(11)8-10/h3-5,7-9H,1-2,6,13H2. The summed E-state index contributed by atoms with van der Waals surface area (Å²) in [4.78, 5) is 4.11. The Morgan fingerprint density at radius 2 is 2.07 bits per heavy atom. The topological polar surface area (TPSA) is 38.9 Å². The number of hydrogen-bond acceptors (Lipinski definition) is 2. The van der Waals surface area contributed by atoms with Crippen LogP contribution >= 0.6 is 0 Å². The van der Waals surface area contributed by atoms with E-state index in [4.69, 9.17) is 5.73 Å². The Morgan fingerprint density at radius 3 is 2.93 bits per heavy atom. The molecular formula is C12H14N2. The van der Waals surface area contributed by atoms with Gasteiger partial charge in [-0.15, -0.1) is 0 Å². The van der Waals surface area contributed by atoms with Gasteiger partial charge in [-0.1, -0.05) is 12.1 Å². The van der Waals surface area contributed by atoms with Gasteiger partial charge in [-0.05, 0) is 42.5 Å². The second-order valence-corrected chi connectivity index (χ2v) is 3.45. The Labute approximate surface area is 83.8 Å². The zero-order valence-electron chi connectivity index (χ0n) is 8.11. The van der Waals surface area contributed by atoms with Gasteiger partial charge in [-0.25, -0.2) is 0 Å². The van der Waals surface area contributed by atoms with E-state index in [0.717, 1.165) is 19.4 Å². The van der Waals surface area contributed by atoms with Gasteiger partial charge in [-0.3, -0.25) is 4.98 Å². The zero-order valence-corrected chi connectivity index (χ0v) is 8.11. The summed E-state index contributed by atoms with van der Waals surface area (Å²) in [5.74, 6) is 0. The lowest BCUT2D eigenvalue weighted by Gasteiger charge is -2.01. The van der Waals surface area contributed by atoms with Gasteiger partial charge in [0.05, 0.1) is 0 Å². The van der Waals surface area contributed by atoms with E-state index in [0.29, 0.717) is 0 Å². The molecule has 0 unspecified atom stereocenters. The highest BCUT2D eigenvalue weighted by Crippen LogP contribution is 2.15. The molecule has 1 aromatic heterocycles. The summed E-state index contributed by atoms with van der Waals surface area (Å²) in [6.07, 6.45) is 5.83. The van der Waals surface area contributed by atoms with Crippen LogP contribution in [0.2, 0.25) is 0 Å². The number of benzene rings is 1. The second-order valence-electron chi connectivity index (χ2n) is 3.45. The van der Waals surface area contributed by atoms with E-state index in [1.54, 1.807) is 0 Å². The fourth-order valence-corrected chi connectivity index (χ4v) is 1.60. The van der Waals surface area contributed by atoms with E-state index in [-0.39, 0.29) is 0 Å². The minimum absolute atomic E-state index is 0.755. The first kappa shape index (κ1) is 9.16. The molecule has 1 heterocycles. The number of pyridine rings is 1. The summed E-state index contributed by atoms with van der Waals surface area (Å²) in [5.41, 5.74) is 6.82. The van der Waals surface area contributed by atoms with Gasteiger partial charge in [-0.2, -0.15) is 0 Å². The van der Waals surface area contributed by atoms with E-state index >= 15 is 0 Å². The van der Waals surface area contributed by atoms with Crippen LogP contribution in [0.4, 0.5) is 0 Å². The molecule has 2 aromatic rings. The van der Waals surface area contributed by atoms with Crippen molar-refractivity contribution in [2.24, 2.45) is 5.73 Å². The molecule has 0 amide bonds. The molecule has 2 N–H and O–H groups in total. The summed E-state index contributed by atoms with van der Waals surface area (Å²) in [6.45, 7) is 0.755. The molecule has 0 saturated heterocycles. The minimum Gasteiger partial charge on any atom is -0.330 e. The average Bonchev–Trinajstić information content (AvgIpc) is 2.26. The summed E-state index contributed by atoms with van der Waals surface area (Å²) in [6, 6.07) is 8.53. The van der Waals surface area contributed by atoms with Crippen molar-refractivity contribution in [1.82, 2.24) is 4.98 Å². The third-order valence-corrected chi connectivity index (χ3v) is 2.37. The fraction of sp³-hybridized carbons (Fsp3) is 0.250. The van der Waals surface area contributed by atoms with Gasteiger partial charge in [0.1, 0.15) is 0 Å². The minimum atomic E-state index is 0.755. The van der Waals surface area contributed by atoms with E-state index in [2.05, 4.69) is 23.2 Å². The Bertz CT molecular complexity index is 423. The molecule has 0 bridgehead atoms. The monoisotopic (exact) mass is 186 g/mol. The van der Waals surface area contributed by atoms with Crippen LogP contribution < -0.4 is 5.73 Å². The van der Waals surface area contributed by atoms with Crippen LogP contribution in [0, 0.1) is 0 Å². The first-order valence-corrected chi connectivity index (χ1v) is 4.93. The van der Waals surface area contributed by atoms with Crippen LogP contribution in [0.15, 0.2) is 36.7 Å². The molecule has 0 aliphatic rings. The highest BCUT2D eigenvalue weighted by molar-refractivity contribution is 5.81. The van der Waals surface area contributed by atoms with Crippen molar-refractivity contribution >= 4 is 10.8 Å². The van der Waals surface area contributed by atoms with Crippen molar-refractivity contribution in [3.63, 3.8) is 0 Å². The van der Waals surface area contributed by atoms with E-state index < -0.39 is 0 Å². The third kappa shape index (κ3) is 1.91. The molecule has 72 valence electrons. The molecule has 0 spiro atoms. The Morgan fingerprint density at radius 1 is 1.14 bits per heavy atom. The van der Waals surface area contributed by atoms with Crippen molar-refractivity contribution in [1.29, 1.82) is 0 Å². The summed E-state index contributed by atoms with van der Waals surface area (Å²) >= 11 is 0. The number of rotatable bonds is 3. The number of fused-ring (bicyclic) bond motifs is 1. The Balaban J connectivity index is 2.32. The molecule has 2 nitrogen and oxygen atoms in total. The predicted octanol–water partition coefficient (Wildman–Crippen LogP) is 2.13. The molecule has 14 heavy (non-hydrogen) atoms. The maximum atomic E-state index is 5.48. The van der Waals surface area contributed by atoms with Crippen LogP contribution in [0.1, 0.15) is 12.0 Å². The van der Waals surface area contributed by atoms with E-state index in [9.17, 15) is 0 Å². The van der Waals surface area contributed by atoms with Gasteiger partial charge >= 0.3 is 0 Å². The van der Waals surface area contributed by atoms with Crippen molar-refractivity contribution in [2.45, 2.75) is 12.8 Å². The molecule has 2 heteroatoms. The normalized spacial score (nSPS) is 10.6. The van der Waals surface area contributed by atoms with Crippen LogP contribution in [0.5, 0.6) is 0 Å². The number of nitrogens with zero attached hydrogens (tertiary/aromatic N) is 1. The second kappa shape index (κ2) is 4.20. The first-order chi connectivity index (χ1) is 6.90. The summed E-state index contributed by atoms with van der Waals surface area (Å²) < 4.78 is 0. The first-order valence-electron chi connectivity index (χ1n) is 4.93. The number of aromatic nitrogens is 1. The molecule has 0 aliphatic carbocycles. The average molecular weight is 186 g/mol. The highest BCUT2D eigenvalue weighted by Gasteiger charge is 1.95. The molecule has 2 rings (SSSR count). The Hall–Kier alpha value is -1.41. The highest BCUT2D eigenvalue weighted by atomic mass is 14.6. The van der Waals surface area contributed by atoms with Crippen LogP contribution in [0.25, 0.3) is 10.8 Å². The SMILES string of the molecule is NCCCc1ccc2ccncc2c1. The van der Waals surface area contributed by atoms with Gasteiger partial charge in [0.15, 0.2) is 0 Å². The fourth-order valence-electron chi connectivity index (χ4n) is 1.60. The van der Waals surface area contributed by atoms with Crippen molar-refractivity contribution in [2.75, 3.05) is 6.54 Å². The molecule has 0 saturated carbocycles. The number of nitrogens with two attached hydrogens (primary N) is 1.